The SMILES string of the molecule is COc1ccc(Oc2nc(C)nc3sc4c(c23)CCC4)cc1. The molecule has 0 unspecified atom stereocenters. The zero-order valence-corrected chi connectivity index (χ0v) is 13.4. The first-order valence-corrected chi connectivity index (χ1v) is 8.17. The Morgan fingerprint density at radius 1 is 1.05 bits per heavy atom. The van der Waals surface area contributed by atoms with Crippen LogP contribution in [0, 0.1) is 6.92 Å². The van der Waals surface area contributed by atoms with Gasteiger partial charge in [0.05, 0.1) is 12.5 Å². The molecule has 0 saturated carbocycles. The first-order valence-electron chi connectivity index (χ1n) is 7.35. The van der Waals surface area contributed by atoms with Crippen LogP contribution in [0.15, 0.2) is 24.3 Å². The molecule has 2 heterocycles. The predicted molar refractivity (Wildman–Crippen MR) is 87.2 cm³/mol. The van der Waals surface area contributed by atoms with Crippen LogP contribution in [0.3, 0.4) is 0 Å². The zero-order valence-electron chi connectivity index (χ0n) is 12.5. The molecule has 2 aromatic heterocycles. The molecule has 1 aliphatic rings. The molecule has 0 aliphatic heterocycles. The number of fused-ring (bicyclic) bond motifs is 3. The van der Waals surface area contributed by atoms with Crippen LogP contribution in [0.4, 0.5) is 0 Å². The second kappa shape index (κ2) is 5.25. The van der Waals surface area contributed by atoms with E-state index in [1.807, 2.05) is 31.2 Å². The second-order valence-electron chi connectivity index (χ2n) is 5.39. The van der Waals surface area contributed by atoms with E-state index in [9.17, 15) is 0 Å². The molecule has 1 aliphatic carbocycles. The number of hydrogen-bond donors (Lipinski definition) is 0. The third-order valence-corrected chi connectivity index (χ3v) is 5.10. The summed E-state index contributed by atoms with van der Waals surface area (Å²) < 4.78 is 11.2. The van der Waals surface area contributed by atoms with Gasteiger partial charge in [0.15, 0.2) is 0 Å². The highest BCUT2D eigenvalue weighted by molar-refractivity contribution is 7.19. The van der Waals surface area contributed by atoms with E-state index in [4.69, 9.17) is 9.47 Å². The number of benzene rings is 1. The van der Waals surface area contributed by atoms with Gasteiger partial charge in [-0.1, -0.05) is 0 Å². The Kier molecular flexibility index (Phi) is 3.22. The summed E-state index contributed by atoms with van der Waals surface area (Å²) in [5.41, 5.74) is 1.38. The van der Waals surface area contributed by atoms with E-state index < -0.39 is 0 Å². The molecule has 0 fully saturated rings. The summed E-state index contributed by atoms with van der Waals surface area (Å²) in [6.45, 7) is 1.91. The lowest BCUT2D eigenvalue weighted by molar-refractivity contribution is 0.412. The topological polar surface area (TPSA) is 44.2 Å². The minimum absolute atomic E-state index is 0.673. The molecule has 22 heavy (non-hydrogen) atoms. The maximum atomic E-state index is 6.06. The molecule has 1 aromatic carbocycles. The van der Waals surface area contributed by atoms with Gasteiger partial charge in [0.25, 0.3) is 0 Å². The summed E-state index contributed by atoms with van der Waals surface area (Å²) in [5.74, 6) is 2.99. The van der Waals surface area contributed by atoms with Crippen molar-refractivity contribution in [2.75, 3.05) is 7.11 Å². The minimum atomic E-state index is 0.673. The highest BCUT2D eigenvalue weighted by atomic mass is 32.1. The lowest BCUT2D eigenvalue weighted by atomic mass is 10.2. The van der Waals surface area contributed by atoms with Crippen LogP contribution in [0.2, 0.25) is 0 Å². The van der Waals surface area contributed by atoms with Gasteiger partial charge in [0, 0.05) is 4.88 Å². The number of nitrogens with zero attached hydrogens (tertiary/aromatic N) is 2. The fraction of sp³-hybridized carbons (Fsp3) is 0.294. The number of rotatable bonds is 3. The summed E-state index contributed by atoms with van der Waals surface area (Å²) in [5, 5.41) is 1.10. The Hall–Kier alpha value is -2.14. The largest absolute Gasteiger partial charge is 0.497 e. The van der Waals surface area contributed by atoms with Gasteiger partial charge in [-0.05, 0) is 56.0 Å². The van der Waals surface area contributed by atoms with Gasteiger partial charge in [-0.3, -0.25) is 0 Å². The minimum Gasteiger partial charge on any atom is -0.497 e. The van der Waals surface area contributed by atoms with Crippen molar-refractivity contribution in [2.45, 2.75) is 26.2 Å². The fourth-order valence-corrected chi connectivity index (χ4v) is 4.19. The molecule has 0 bridgehead atoms. The smallest absolute Gasteiger partial charge is 0.231 e. The summed E-state index contributed by atoms with van der Waals surface area (Å²) in [4.78, 5) is 11.6. The van der Waals surface area contributed by atoms with Gasteiger partial charge in [0.1, 0.15) is 22.2 Å². The normalized spacial score (nSPS) is 13.4. The van der Waals surface area contributed by atoms with Crippen molar-refractivity contribution in [3.05, 3.63) is 40.5 Å². The summed E-state index contributed by atoms with van der Waals surface area (Å²) in [6.07, 6.45) is 3.46. The van der Waals surface area contributed by atoms with Gasteiger partial charge in [-0.15, -0.1) is 11.3 Å². The van der Waals surface area contributed by atoms with Crippen molar-refractivity contribution < 1.29 is 9.47 Å². The van der Waals surface area contributed by atoms with Gasteiger partial charge in [-0.2, -0.15) is 4.98 Å². The molecule has 5 heteroatoms. The predicted octanol–water partition coefficient (Wildman–Crippen LogP) is 4.29. The van der Waals surface area contributed by atoms with Gasteiger partial charge >= 0.3 is 0 Å². The molecule has 0 atom stereocenters. The molecular weight excluding hydrogens is 296 g/mol. The van der Waals surface area contributed by atoms with E-state index in [0.29, 0.717) is 5.88 Å². The van der Waals surface area contributed by atoms with E-state index in [-0.39, 0.29) is 0 Å². The first-order chi connectivity index (χ1) is 10.7. The molecule has 0 saturated heterocycles. The Balaban J connectivity index is 1.79. The molecule has 0 spiro atoms. The number of aryl methyl sites for hydroxylation is 3. The van der Waals surface area contributed by atoms with Crippen molar-refractivity contribution in [3.63, 3.8) is 0 Å². The van der Waals surface area contributed by atoms with Gasteiger partial charge < -0.3 is 9.47 Å². The monoisotopic (exact) mass is 312 g/mol. The summed E-state index contributed by atoms with van der Waals surface area (Å²) in [6, 6.07) is 7.57. The number of hydrogen-bond acceptors (Lipinski definition) is 5. The molecule has 0 N–H and O–H groups in total. The average Bonchev–Trinajstić information content (AvgIpc) is 3.08. The lowest BCUT2D eigenvalue weighted by Gasteiger charge is -2.08. The highest BCUT2D eigenvalue weighted by Crippen LogP contribution is 2.41. The molecule has 0 amide bonds. The summed E-state index contributed by atoms with van der Waals surface area (Å²) in [7, 11) is 1.65. The maximum absolute atomic E-state index is 6.06. The van der Waals surface area contributed by atoms with Gasteiger partial charge in [0.2, 0.25) is 5.88 Å². The Morgan fingerprint density at radius 2 is 1.82 bits per heavy atom. The van der Waals surface area contributed by atoms with Crippen LogP contribution in [-0.2, 0) is 12.8 Å². The second-order valence-corrected chi connectivity index (χ2v) is 6.47. The van der Waals surface area contributed by atoms with Crippen LogP contribution in [0.1, 0.15) is 22.7 Å². The van der Waals surface area contributed by atoms with Crippen molar-refractivity contribution in [1.29, 1.82) is 0 Å². The number of methoxy groups -OCH3 is 1. The van der Waals surface area contributed by atoms with Crippen LogP contribution < -0.4 is 9.47 Å². The van der Waals surface area contributed by atoms with Crippen molar-refractivity contribution >= 4 is 21.6 Å². The lowest BCUT2D eigenvalue weighted by Crippen LogP contribution is -1.95. The van der Waals surface area contributed by atoms with E-state index in [1.165, 1.54) is 16.9 Å². The molecule has 0 radical (unpaired) electrons. The van der Waals surface area contributed by atoms with Gasteiger partial charge in [-0.25, -0.2) is 4.98 Å². The summed E-state index contributed by atoms with van der Waals surface area (Å²) >= 11 is 1.78. The molecule has 3 aromatic rings. The third-order valence-electron chi connectivity index (χ3n) is 3.92. The number of aromatic nitrogens is 2. The Bertz CT molecular complexity index is 840. The van der Waals surface area contributed by atoms with E-state index in [2.05, 4.69) is 9.97 Å². The van der Waals surface area contributed by atoms with Crippen molar-refractivity contribution in [1.82, 2.24) is 9.97 Å². The number of thiophene rings is 1. The standard InChI is InChI=1S/C17H16N2O2S/c1-10-18-16(21-12-8-6-11(20-2)7-9-12)15-13-4-3-5-14(13)22-17(15)19-10/h6-9H,3-5H2,1-2H3. The number of ether oxygens (including phenoxy) is 2. The zero-order chi connectivity index (χ0) is 15.1. The van der Waals surface area contributed by atoms with E-state index in [1.54, 1.807) is 18.4 Å². The Labute approximate surface area is 132 Å². The first kappa shape index (κ1) is 13.5. The highest BCUT2D eigenvalue weighted by Gasteiger charge is 2.22. The van der Waals surface area contributed by atoms with E-state index >= 15 is 0 Å². The fourth-order valence-electron chi connectivity index (χ4n) is 2.89. The Morgan fingerprint density at radius 3 is 2.59 bits per heavy atom. The molecule has 112 valence electrons. The molecular formula is C17H16N2O2S. The third kappa shape index (κ3) is 2.22. The molecule has 4 rings (SSSR count). The van der Waals surface area contributed by atoms with Crippen LogP contribution in [0.5, 0.6) is 17.4 Å². The van der Waals surface area contributed by atoms with Crippen LogP contribution in [0.25, 0.3) is 10.2 Å². The van der Waals surface area contributed by atoms with Crippen molar-refractivity contribution in [3.8, 4) is 17.4 Å². The van der Waals surface area contributed by atoms with E-state index in [0.717, 1.165) is 40.4 Å². The molecule has 4 nitrogen and oxygen atoms in total. The quantitative estimate of drug-likeness (QED) is 0.723. The van der Waals surface area contributed by atoms with Crippen molar-refractivity contribution in [2.24, 2.45) is 0 Å². The van der Waals surface area contributed by atoms with Crippen LogP contribution >= 0.6 is 11.3 Å². The maximum Gasteiger partial charge on any atom is 0.231 e. The average molecular weight is 312 g/mol. The van der Waals surface area contributed by atoms with Crippen LogP contribution in [-0.4, -0.2) is 17.1 Å².